The summed E-state index contributed by atoms with van der Waals surface area (Å²) in [5.41, 5.74) is 2.29. The molecule has 1 fully saturated rings. The Balaban J connectivity index is 1.77. The Kier molecular flexibility index (Phi) is 5.10. The van der Waals surface area contributed by atoms with Gasteiger partial charge in [-0.15, -0.1) is 0 Å². The molecule has 0 spiro atoms. The van der Waals surface area contributed by atoms with E-state index in [9.17, 15) is 4.79 Å². The molecule has 0 aliphatic carbocycles. The number of anilines is 1. The van der Waals surface area contributed by atoms with Gasteiger partial charge in [-0.3, -0.25) is 4.79 Å². The molecule has 1 aromatic rings. The van der Waals surface area contributed by atoms with Gasteiger partial charge in [0.25, 0.3) is 5.91 Å². The van der Waals surface area contributed by atoms with Gasteiger partial charge in [-0.25, -0.2) is 9.97 Å². The highest BCUT2D eigenvalue weighted by atomic mass is 16.5. The van der Waals surface area contributed by atoms with Crippen LogP contribution in [0, 0.1) is 0 Å². The number of carbonyl (C=O) groups excluding carboxylic acids is 1. The van der Waals surface area contributed by atoms with Crippen molar-refractivity contribution in [2.24, 2.45) is 0 Å². The van der Waals surface area contributed by atoms with E-state index in [2.05, 4.69) is 28.7 Å². The number of fused-ring (bicyclic) bond motifs is 1. The highest BCUT2D eigenvalue weighted by Crippen LogP contribution is 2.24. The zero-order valence-corrected chi connectivity index (χ0v) is 14.1. The predicted molar refractivity (Wildman–Crippen MR) is 88.6 cm³/mol. The number of ether oxygens (including phenoxy) is 1. The molecular weight excluding hydrogens is 292 g/mol. The molecule has 6 heteroatoms. The zero-order chi connectivity index (χ0) is 16.2. The number of hydrogen-bond donors (Lipinski definition) is 0. The molecule has 1 aromatic heterocycles. The zero-order valence-electron chi connectivity index (χ0n) is 14.1. The van der Waals surface area contributed by atoms with Crippen LogP contribution in [0.2, 0.25) is 0 Å². The average molecular weight is 318 g/mol. The third-order valence-corrected chi connectivity index (χ3v) is 4.84. The second kappa shape index (κ2) is 7.25. The van der Waals surface area contributed by atoms with Crippen LogP contribution in [0.1, 0.15) is 37.9 Å². The van der Waals surface area contributed by atoms with Gasteiger partial charge in [0.15, 0.2) is 0 Å². The summed E-state index contributed by atoms with van der Waals surface area (Å²) in [6.07, 6.45) is 4.88. The fraction of sp³-hybridized carbons (Fsp3) is 0.706. The van der Waals surface area contributed by atoms with Gasteiger partial charge in [-0.05, 0) is 33.1 Å². The van der Waals surface area contributed by atoms with Crippen LogP contribution in [0.3, 0.4) is 0 Å². The lowest BCUT2D eigenvalue weighted by Gasteiger charge is -2.24. The third kappa shape index (κ3) is 3.32. The molecule has 0 saturated carbocycles. The minimum absolute atomic E-state index is 0.146. The number of nitrogens with zero attached hydrogens (tertiary/aromatic N) is 4. The minimum atomic E-state index is -0.232. The molecule has 1 amide bonds. The summed E-state index contributed by atoms with van der Waals surface area (Å²) >= 11 is 0. The number of amides is 1. The van der Waals surface area contributed by atoms with Gasteiger partial charge in [0, 0.05) is 44.8 Å². The van der Waals surface area contributed by atoms with Gasteiger partial charge in [-0.2, -0.15) is 0 Å². The fourth-order valence-electron chi connectivity index (χ4n) is 3.50. The normalized spacial score (nSPS) is 21.0. The van der Waals surface area contributed by atoms with E-state index in [4.69, 9.17) is 4.74 Å². The van der Waals surface area contributed by atoms with E-state index in [1.165, 1.54) is 5.56 Å². The highest BCUT2D eigenvalue weighted by molar-refractivity contribution is 5.81. The number of rotatable bonds is 4. The second-order valence-corrected chi connectivity index (χ2v) is 6.12. The molecule has 0 aromatic carbocycles. The summed E-state index contributed by atoms with van der Waals surface area (Å²) in [6.45, 7) is 8.30. The molecule has 0 unspecified atom stereocenters. The summed E-state index contributed by atoms with van der Waals surface area (Å²) in [5, 5.41) is 0. The van der Waals surface area contributed by atoms with Crippen LogP contribution in [-0.2, 0) is 22.4 Å². The molecule has 1 atom stereocenters. The Morgan fingerprint density at radius 3 is 2.78 bits per heavy atom. The Hall–Kier alpha value is -1.69. The molecular formula is C17H26N4O2. The van der Waals surface area contributed by atoms with Crippen LogP contribution in [0.15, 0.2) is 6.33 Å². The Morgan fingerprint density at radius 1 is 1.30 bits per heavy atom. The van der Waals surface area contributed by atoms with E-state index in [0.29, 0.717) is 6.61 Å². The number of hydrogen-bond acceptors (Lipinski definition) is 5. The molecule has 2 aliphatic heterocycles. The molecule has 1 saturated heterocycles. The van der Waals surface area contributed by atoms with Crippen molar-refractivity contribution in [3.63, 3.8) is 0 Å². The third-order valence-electron chi connectivity index (χ3n) is 4.84. The lowest BCUT2D eigenvalue weighted by atomic mass is 10.1. The van der Waals surface area contributed by atoms with E-state index in [1.807, 2.05) is 4.90 Å². The van der Waals surface area contributed by atoms with Crippen molar-refractivity contribution < 1.29 is 9.53 Å². The van der Waals surface area contributed by atoms with E-state index < -0.39 is 0 Å². The van der Waals surface area contributed by atoms with Gasteiger partial charge in [0.2, 0.25) is 0 Å². The molecule has 6 nitrogen and oxygen atoms in total. The van der Waals surface area contributed by atoms with Crippen LogP contribution in [0.5, 0.6) is 0 Å². The van der Waals surface area contributed by atoms with Crippen molar-refractivity contribution in [1.29, 1.82) is 0 Å². The first kappa shape index (κ1) is 16.2. The summed E-state index contributed by atoms with van der Waals surface area (Å²) in [7, 11) is 0. The Bertz CT molecular complexity index is 554. The summed E-state index contributed by atoms with van der Waals surface area (Å²) in [5.74, 6) is 1.18. The minimum Gasteiger partial charge on any atom is -0.368 e. The topological polar surface area (TPSA) is 58.6 Å². The van der Waals surface area contributed by atoms with E-state index in [-0.39, 0.29) is 12.0 Å². The van der Waals surface area contributed by atoms with E-state index in [0.717, 1.165) is 63.4 Å². The molecule has 23 heavy (non-hydrogen) atoms. The number of aromatic nitrogens is 2. The molecule has 0 radical (unpaired) electrons. The largest absolute Gasteiger partial charge is 0.368 e. The van der Waals surface area contributed by atoms with Crippen molar-refractivity contribution in [3.8, 4) is 0 Å². The average Bonchev–Trinajstić information content (AvgIpc) is 3.02. The maximum absolute atomic E-state index is 12.6. The number of carbonyl (C=O) groups is 1. The van der Waals surface area contributed by atoms with Crippen LogP contribution < -0.4 is 4.90 Å². The standard InChI is InChI=1S/C17H26N4O2/c1-3-20(4-2)16-13-7-9-21(10-8-14(13)18-12-19-16)17(22)15-6-5-11-23-15/h12,15H,3-11H2,1-2H3/t15-/m0/s1. The van der Waals surface area contributed by atoms with Gasteiger partial charge in [-0.1, -0.05) is 0 Å². The molecule has 2 aliphatic rings. The molecule has 0 bridgehead atoms. The molecule has 3 rings (SSSR count). The maximum Gasteiger partial charge on any atom is 0.251 e. The lowest BCUT2D eigenvalue weighted by Crippen LogP contribution is -2.40. The Morgan fingerprint density at radius 2 is 2.09 bits per heavy atom. The monoisotopic (exact) mass is 318 g/mol. The molecule has 126 valence electrons. The SMILES string of the molecule is CCN(CC)c1ncnc2c1CCN(C(=O)[C@@H]1CCCO1)CC2. The first-order valence-electron chi connectivity index (χ1n) is 8.72. The highest BCUT2D eigenvalue weighted by Gasteiger charge is 2.30. The molecule has 0 N–H and O–H groups in total. The summed E-state index contributed by atoms with van der Waals surface area (Å²) in [6, 6.07) is 0. The smallest absolute Gasteiger partial charge is 0.251 e. The van der Waals surface area contributed by atoms with Crippen molar-refractivity contribution in [2.75, 3.05) is 37.7 Å². The molecule has 3 heterocycles. The van der Waals surface area contributed by atoms with Gasteiger partial charge < -0.3 is 14.5 Å². The van der Waals surface area contributed by atoms with Crippen molar-refractivity contribution >= 4 is 11.7 Å². The maximum atomic E-state index is 12.6. The summed E-state index contributed by atoms with van der Waals surface area (Å²) < 4.78 is 5.56. The Labute approximate surface area is 137 Å². The van der Waals surface area contributed by atoms with Crippen LogP contribution in [0.25, 0.3) is 0 Å². The second-order valence-electron chi connectivity index (χ2n) is 6.12. The van der Waals surface area contributed by atoms with E-state index >= 15 is 0 Å². The van der Waals surface area contributed by atoms with Crippen molar-refractivity contribution in [3.05, 3.63) is 17.6 Å². The van der Waals surface area contributed by atoms with Crippen LogP contribution in [0.4, 0.5) is 5.82 Å². The quantitative estimate of drug-likeness (QED) is 0.840. The van der Waals surface area contributed by atoms with Gasteiger partial charge >= 0.3 is 0 Å². The first-order chi connectivity index (χ1) is 11.2. The van der Waals surface area contributed by atoms with Gasteiger partial charge in [0.1, 0.15) is 18.2 Å². The van der Waals surface area contributed by atoms with Crippen molar-refractivity contribution in [2.45, 2.75) is 45.6 Å². The van der Waals surface area contributed by atoms with Crippen LogP contribution in [-0.4, -0.2) is 59.7 Å². The predicted octanol–water partition coefficient (Wildman–Crippen LogP) is 1.43. The first-order valence-corrected chi connectivity index (χ1v) is 8.72. The van der Waals surface area contributed by atoms with Crippen LogP contribution >= 0.6 is 0 Å². The van der Waals surface area contributed by atoms with E-state index in [1.54, 1.807) is 6.33 Å². The summed E-state index contributed by atoms with van der Waals surface area (Å²) in [4.78, 5) is 25.8. The van der Waals surface area contributed by atoms with Crippen molar-refractivity contribution in [1.82, 2.24) is 14.9 Å². The lowest BCUT2D eigenvalue weighted by molar-refractivity contribution is -0.140. The van der Waals surface area contributed by atoms with Gasteiger partial charge in [0.05, 0.1) is 5.69 Å². The fourth-order valence-corrected chi connectivity index (χ4v) is 3.50.